The number of anilines is 1. The van der Waals surface area contributed by atoms with E-state index in [1.165, 1.54) is 12.1 Å². The highest BCUT2D eigenvalue weighted by Crippen LogP contribution is 2.36. The van der Waals surface area contributed by atoms with Crippen LogP contribution >= 0.6 is 11.3 Å². The van der Waals surface area contributed by atoms with Crippen molar-refractivity contribution >= 4 is 32.4 Å². The minimum atomic E-state index is -3.86. The summed E-state index contributed by atoms with van der Waals surface area (Å²) in [6.45, 7) is 2.30. The lowest BCUT2D eigenvalue weighted by Crippen LogP contribution is -2.41. The molecule has 0 atom stereocenters. The number of ether oxygens (including phenoxy) is 3. The zero-order chi connectivity index (χ0) is 22.8. The lowest BCUT2D eigenvalue weighted by atomic mass is 10.1. The Morgan fingerprint density at radius 1 is 1.00 bits per heavy atom. The van der Waals surface area contributed by atoms with Gasteiger partial charge >= 0.3 is 0 Å². The van der Waals surface area contributed by atoms with Gasteiger partial charge in [0, 0.05) is 13.1 Å². The van der Waals surface area contributed by atoms with Gasteiger partial charge in [-0.1, -0.05) is 29.5 Å². The van der Waals surface area contributed by atoms with E-state index in [-0.39, 0.29) is 29.1 Å². The maximum atomic E-state index is 12.8. The first-order valence-corrected chi connectivity index (χ1v) is 12.5. The van der Waals surface area contributed by atoms with Crippen molar-refractivity contribution in [2.75, 3.05) is 37.8 Å². The number of hydrogen-bond donors (Lipinski definition) is 1. The van der Waals surface area contributed by atoms with Crippen LogP contribution in [-0.2, 0) is 26.0 Å². The molecule has 1 N–H and O–H groups in total. The maximum Gasteiger partial charge on any atom is 0.263 e. The fourth-order valence-corrected chi connectivity index (χ4v) is 5.46. The molecule has 0 spiro atoms. The molecule has 3 heterocycles. The molecule has 2 aromatic carbocycles. The average Bonchev–Trinajstić information content (AvgIpc) is 3.48. The van der Waals surface area contributed by atoms with Crippen LogP contribution in [0.4, 0.5) is 5.13 Å². The number of amides is 1. The molecule has 12 heteroatoms. The van der Waals surface area contributed by atoms with Crippen LogP contribution in [-0.4, -0.2) is 62.5 Å². The minimum absolute atomic E-state index is 0.0730. The van der Waals surface area contributed by atoms with Crippen LogP contribution in [0.3, 0.4) is 0 Å². The summed E-state index contributed by atoms with van der Waals surface area (Å²) in [4.78, 5) is 14.1. The Hall–Kier alpha value is -3.22. The van der Waals surface area contributed by atoms with Crippen molar-refractivity contribution < 1.29 is 27.4 Å². The van der Waals surface area contributed by atoms with E-state index in [1.807, 2.05) is 18.2 Å². The Morgan fingerprint density at radius 2 is 1.73 bits per heavy atom. The molecule has 1 aromatic heterocycles. The third kappa shape index (κ3) is 4.77. The number of sulfonamides is 1. The van der Waals surface area contributed by atoms with E-state index in [2.05, 4.69) is 14.9 Å². The van der Waals surface area contributed by atoms with Gasteiger partial charge in [-0.2, -0.15) is 0 Å². The van der Waals surface area contributed by atoms with Crippen molar-refractivity contribution in [2.24, 2.45) is 0 Å². The summed E-state index contributed by atoms with van der Waals surface area (Å²) in [7, 11) is -3.86. The van der Waals surface area contributed by atoms with E-state index in [0.717, 1.165) is 22.5 Å². The number of nitrogens with zero attached hydrogens (tertiary/aromatic N) is 3. The van der Waals surface area contributed by atoms with Crippen LogP contribution in [0.5, 0.6) is 11.5 Å². The predicted octanol–water partition coefficient (Wildman–Crippen LogP) is 2.14. The second kappa shape index (κ2) is 8.96. The van der Waals surface area contributed by atoms with Gasteiger partial charge in [-0.25, -0.2) is 8.42 Å². The summed E-state index contributed by atoms with van der Waals surface area (Å²) in [6.07, 6.45) is 0.0730. The summed E-state index contributed by atoms with van der Waals surface area (Å²) in [6, 6.07) is 12.0. The molecule has 1 saturated heterocycles. The number of rotatable bonds is 6. The molecule has 2 aliphatic heterocycles. The van der Waals surface area contributed by atoms with Gasteiger partial charge in [0.15, 0.2) is 11.5 Å². The highest BCUT2D eigenvalue weighted by molar-refractivity contribution is 7.93. The predicted molar refractivity (Wildman–Crippen MR) is 120 cm³/mol. The van der Waals surface area contributed by atoms with E-state index >= 15 is 0 Å². The number of carbonyl (C=O) groups is 1. The van der Waals surface area contributed by atoms with Crippen molar-refractivity contribution in [3.63, 3.8) is 0 Å². The van der Waals surface area contributed by atoms with E-state index in [9.17, 15) is 13.2 Å². The quantitative estimate of drug-likeness (QED) is 0.560. The molecular formula is C21H20N4O6S2. The maximum absolute atomic E-state index is 12.8. The van der Waals surface area contributed by atoms with Crippen LogP contribution in [0, 0.1) is 0 Å². The van der Waals surface area contributed by atoms with Crippen molar-refractivity contribution in [3.8, 4) is 22.6 Å². The molecule has 5 rings (SSSR count). The Balaban J connectivity index is 1.25. The molecule has 0 unspecified atom stereocenters. The molecule has 0 bridgehead atoms. The number of aromatic nitrogens is 2. The van der Waals surface area contributed by atoms with Gasteiger partial charge in [0.05, 0.1) is 24.5 Å². The van der Waals surface area contributed by atoms with E-state index < -0.39 is 10.0 Å². The Morgan fingerprint density at radius 3 is 2.52 bits per heavy atom. The zero-order valence-electron chi connectivity index (χ0n) is 17.4. The van der Waals surface area contributed by atoms with E-state index in [4.69, 9.17) is 14.2 Å². The van der Waals surface area contributed by atoms with Gasteiger partial charge in [-0.05, 0) is 35.4 Å². The van der Waals surface area contributed by atoms with Gasteiger partial charge in [0.2, 0.25) is 17.8 Å². The van der Waals surface area contributed by atoms with Crippen LogP contribution in [0.1, 0.15) is 5.01 Å². The molecule has 2 aliphatic rings. The third-order valence-corrected chi connectivity index (χ3v) is 7.55. The van der Waals surface area contributed by atoms with Gasteiger partial charge < -0.3 is 19.1 Å². The Labute approximate surface area is 194 Å². The SMILES string of the molecule is O=C(Cc1nnc(NS(=O)(=O)c2ccc(-c3ccc4c(c3)OCO4)cc2)s1)N1CCOCC1. The number of benzene rings is 2. The van der Waals surface area contributed by atoms with Gasteiger partial charge in [0.25, 0.3) is 10.0 Å². The summed E-state index contributed by atoms with van der Waals surface area (Å²) in [5, 5.41) is 8.39. The van der Waals surface area contributed by atoms with Crippen LogP contribution in [0.15, 0.2) is 47.4 Å². The smallest absolute Gasteiger partial charge is 0.263 e. The third-order valence-electron chi connectivity index (χ3n) is 5.23. The minimum Gasteiger partial charge on any atom is -0.454 e. The molecule has 3 aromatic rings. The fraction of sp³-hybridized carbons (Fsp3) is 0.286. The highest BCUT2D eigenvalue weighted by Gasteiger charge is 2.21. The van der Waals surface area contributed by atoms with E-state index in [1.54, 1.807) is 17.0 Å². The molecule has 0 aliphatic carbocycles. The molecule has 0 saturated carbocycles. The summed E-state index contributed by atoms with van der Waals surface area (Å²) in [5.41, 5.74) is 1.72. The fourth-order valence-electron chi connectivity index (χ4n) is 3.50. The van der Waals surface area contributed by atoms with Crippen molar-refractivity contribution in [1.29, 1.82) is 0 Å². The Bertz CT molecular complexity index is 1270. The molecule has 172 valence electrons. The number of hydrogen-bond acceptors (Lipinski definition) is 9. The topological polar surface area (TPSA) is 120 Å². The zero-order valence-corrected chi connectivity index (χ0v) is 19.0. The van der Waals surface area contributed by atoms with Gasteiger partial charge in [0.1, 0.15) is 5.01 Å². The molecule has 10 nitrogen and oxygen atoms in total. The molecule has 1 amide bonds. The van der Waals surface area contributed by atoms with Crippen molar-refractivity contribution in [2.45, 2.75) is 11.3 Å². The molecular weight excluding hydrogens is 468 g/mol. The second-order valence-electron chi connectivity index (χ2n) is 7.37. The first-order chi connectivity index (χ1) is 16.0. The lowest BCUT2D eigenvalue weighted by Gasteiger charge is -2.26. The van der Waals surface area contributed by atoms with Gasteiger partial charge in [-0.3, -0.25) is 9.52 Å². The number of morpholine rings is 1. The van der Waals surface area contributed by atoms with Gasteiger partial charge in [-0.15, -0.1) is 10.2 Å². The summed E-state index contributed by atoms with van der Waals surface area (Å²) < 4.78 is 44.0. The van der Waals surface area contributed by atoms with Crippen molar-refractivity contribution in [1.82, 2.24) is 15.1 Å². The van der Waals surface area contributed by atoms with Crippen LogP contribution in [0.25, 0.3) is 11.1 Å². The largest absolute Gasteiger partial charge is 0.454 e. The number of carbonyl (C=O) groups excluding carboxylic acids is 1. The van der Waals surface area contributed by atoms with E-state index in [0.29, 0.717) is 42.8 Å². The lowest BCUT2D eigenvalue weighted by molar-refractivity contribution is -0.134. The monoisotopic (exact) mass is 488 g/mol. The van der Waals surface area contributed by atoms with Crippen molar-refractivity contribution in [3.05, 3.63) is 47.5 Å². The summed E-state index contributed by atoms with van der Waals surface area (Å²) >= 11 is 1.04. The average molecular weight is 489 g/mol. The first-order valence-electron chi connectivity index (χ1n) is 10.2. The van der Waals surface area contributed by atoms with Crippen LogP contribution in [0.2, 0.25) is 0 Å². The molecule has 33 heavy (non-hydrogen) atoms. The second-order valence-corrected chi connectivity index (χ2v) is 10.1. The summed E-state index contributed by atoms with van der Waals surface area (Å²) in [5.74, 6) is 1.26. The van der Waals surface area contributed by atoms with Crippen LogP contribution < -0.4 is 14.2 Å². The normalized spacial score (nSPS) is 15.5. The molecule has 1 fully saturated rings. The molecule has 0 radical (unpaired) electrons. The number of nitrogens with one attached hydrogen (secondary N) is 1. The Kier molecular flexibility index (Phi) is 5.87. The standard InChI is InChI=1S/C21H20N4O6S2/c26-20(25-7-9-29-10-8-25)12-19-22-23-21(32-19)24-33(27,28)16-4-1-14(2-5-16)15-3-6-17-18(11-15)31-13-30-17/h1-6,11H,7-10,12-13H2,(H,23,24). The first kappa shape index (κ1) is 21.6. The number of fused-ring (bicyclic) bond motifs is 1. The highest BCUT2D eigenvalue weighted by atomic mass is 32.2.